The summed E-state index contributed by atoms with van der Waals surface area (Å²) in [5.41, 5.74) is 3.45. The minimum absolute atomic E-state index is 0.420. The lowest BCUT2D eigenvalue weighted by molar-refractivity contribution is 0.326. The molecule has 1 aromatic rings. The first-order chi connectivity index (χ1) is 7.28. The zero-order chi connectivity index (χ0) is 10.7. The molecule has 0 unspecified atom stereocenters. The van der Waals surface area contributed by atoms with Crippen molar-refractivity contribution >= 4 is 15.9 Å². The van der Waals surface area contributed by atoms with Gasteiger partial charge in [-0.25, -0.2) is 0 Å². The van der Waals surface area contributed by atoms with E-state index in [1.807, 2.05) is 0 Å². The molecule has 1 saturated carbocycles. The first-order valence-electron chi connectivity index (χ1n) is 5.91. The van der Waals surface area contributed by atoms with Crippen LogP contribution in [-0.4, -0.2) is 5.33 Å². The highest BCUT2D eigenvalue weighted by molar-refractivity contribution is 9.09. The molecule has 1 heteroatoms. The van der Waals surface area contributed by atoms with Crippen LogP contribution in [-0.2, 0) is 5.41 Å². The number of rotatable bonds is 2. The van der Waals surface area contributed by atoms with Gasteiger partial charge in [0.25, 0.3) is 0 Å². The molecule has 0 atom stereocenters. The van der Waals surface area contributed by atoms with Gasteiger partial charge >= 0.3 is 0 Å². The zero-order valence-electron chi connectivity index (χ0n) is 9.43. The summed E-state index contributed by atoms with van der Waals surface area (Å²) in [6.45, 7) is 2.24. The van der Waals surface area contributed by atoms with Crippen molar-refractivity contribution in [2.24, 2.45) is 0 Å². The number of hydrogen-bond donors (Lipinski definition) is 0. The summed E-state index contributed by atoms with van der Waals surface area (Å²) in [4.78, 5) is 0. The van der Waals surface area contributed by atoms with E-state index >= 15 is 0 Å². The predicted octanol–water partition coefficient (Wildman–Crippen LogP) is 4.59. The molecule has 0 amide bonds. The van der Waals surface area contributed by atoms with Crippen LogP contribution in [0, 0.1) is 6.92 Å². The Kier molecular flexibility index (Phi) is 3.50. The van der Waals surface area contributed by atoms with Crippen LogP contribution in [0.15, 0.2) is 24.3 Å². The van der Waals surface area contributed by atoms with Crippen LogP contribution in [0.5, 0.6) is 0 Å². The van der Waals surface area contributed by atoms with Crippen molar-refractivity contribution in [2.75, 3.05) is 5.33 Å². The van der Waals surface area contributed by atoms with E-state index in [1.54, 1.807) is 5.56 Å². The number of hydrogen-bond acceptors (Lipinski definition) is 0. The van der Waals surface area contributed by atoms with E-state index in [4.69, 9.17) is 0 Å². The van der Waals surface area contributed by atoms with Gasteiger partial charge in [0.1, 0.15) is 0 Å². The highest BCUT2D eigenvalue weighted by Gasteiger charge is 2.33. The molecule has 2 rings (SSSR count). The van der Waals surface area contributed by atoms with Gasteiger partial charge in [0.2, 0.25) is 0 Å². The second-order valence-corrected chi connectivity index (χ2v) is 5.35. The fraction of sp³-hybridized carbons (Fsp3) is 0.571. The van der Waals surface area contributed by atoms with Gasteiger partial charge in [0, 0.05) is 10.7 Å². The summed E-state index contributed by atoms with van der Waals surface area (Å²) in [5.74, 6) is 0. The van der Waals surface area contributed by atoms with Crippen LogP contribution in [0.25, 0.3) is 0 Å². The lowest BCUT2D eigenvalue weighted by Gasteiger charge is -2.37. The summed E-state index contributed by atoms with van der Waals surface area (Å²) < 4.78 is 0. The third-order valence-corrected chi connectivity index (χ3v) is 4.86. The summed E-state index contributed by atoms with van der Waals surface area (Å²) in [5, 5.41) is 1.12. The van der Waals surface area contributed by atoms with Crippen LogP contribution in [0.4, 0.5) is 0 Å². The molecule has 0 nitrogen and oxygen atoms in total. The third-order valence-electron chi connectivity index (χ3n) is 3.78. The molecular weight excluding hydrogens is 248 g/mol. The van der Waals surface area contributed by atoms with E-state index < -0.39 is 0 Å². The van der Waals surface area contributed by atoms with Gasteiger partial charge in [0.05, 0.1) is 0 Å². The Morgan fingerprint density at radius 1 is 1.13 bits per heavy atom. The van der Waals surface area contributed by atoms with Gasteiger partial charge < -0.3 is 0 Å². The van der Waals surface area contributed by atoms with Crippen molar-refractivity contribution in [1.82, 2.24) is 0 Å². The highest BCUT2D eigenvalue weighted by atomic mass is 79.9. The molecule has 0 bridgehead atoms. The number of benzene rings is 1. The van der Waals surface area contributed by atoms with E-state index in [-0.39, 0.29) is 0 Å². The average Bonchev–Trinajstić information content (AvgIpc) is 2.30. The largest absolute Gasteiger partial charge is 0.0918 e. The van der Waals surface area contributed by atoms with Gasteiger partial charge in [0.15, 0.2) is 0 Å². The molecule has 0 spiro atoms. The predicted molar refractivity (Wildman–Crippen MR) is 69.7 cm³/mol. The summed E-state index contributed by atoms with van der Waals surface area (Å²) in [6.07, 6.45) is 6.90. The van der Waals surface area contributed by atoms with E-state index in [0.717, 1.165) is 5.33 Å². The molecule has 0 aromatic heterocycles. The first kappa shape index (κ1) is 11.2. The molecule has 0 radical (unpaired) electrons. The fourth-order valence-electron chi connectivity index (χ4n) is 2.87. The second kappa shape index (κ2) is 4.69. The van der Waals surface area contributed by atoms with E-state index in [1.165, 1.54) is 37.7 Å². The maximum Gasteiger partial charge on any atom is 0.0129 e. The van der Waals surface area contributed by atoms with Crippen LogP contribution < -0.4 is 0 Å². The van der Waals surface area contributed by atoms with Crippen molar-refractivity contribution in [3.63, 3.8) is 0 Å². The normalized spacial score (nSPS) is 20.1. The molecule has 15 heavy (non-hydrogen) atoms. The molecule has 0 saturated heterocycles. The molecule has 1 aliphatic carbocycles. The van der Waals surface area contributed by atoms with E-state index in [9.17, 15) is 0 Å². The molecular formula is C14H19Br. The quantitative estimate of drug-likeness (QED) is 0.687. The lowest BCUT2D eigenvalue weighted by Crippen LogP contribution is -2.31. The molecule has 0 heterocycles. The highest BCUT2D eigenvalue weighted by Crippen LogP contribution is 2.41. The van der Waals surface area contributed by atoms with Gasteiger partial charge in [-0.3, -0.25) is 0 Å². The van der Waals surface area contributed by atoms with Crippen molar-refractivity contribution in [2.45, 2.75) is 44.4 Å². The third kappa shape index (κ3) is 2.13. The Labute approximate surface area is 101 Å². The van der Waals surface area contributed by atoms with E-state index in [0.29, 0.717) is 5.41 Å². The summed E-state index contributed by atoms with van der Waals surface area (Å²) in [7, 11) is 0. The Hall–Kier alpha value is -0.300. The fourth-order valence-corrected chi connectivity index (χ4v) is 3.73. The standard InChI is InChI=1S/C14H19Br/c1-12-7-3-4-8-13(12)14(11-15)9-5-2-6-10-14/h3-4,7-8H,2,5-6,9-11H2,1H3. The Morgan fingerprint density at radius 2 is 1.80 bits per heavy atom. The second-order valence-electron chi connectivity index (χ2n) is 4.79. The maximum atomic E-state index is 3.74. The van der Waals surface area contributed by atoms with Crippen LogP contribution in [0.1, 0.15) is 43.2 Å². The van der Waals surface area contributed by atoms with E-state index in [2.05, 4.69) is 47.1 Å². The molecule has 1 fully saturated rings. The van der Waals surface area contributed by atoms with Crippen molar-refractivity contribution < 1.29 is 0 Å². The summed E-state index contributed by atoms with van der Waals surface area (Å²) in [6, 6.07) is 8.89. The molecule has 0 aliphatic heterocycles. The van der Waals surface area contributed by atoms with Gasteiger partial charge in [-0.15, -0.1) is 0 Å². The van der Waals surface area contributed by atoms with Crippen LogP contribution in [0.2, 0.25) is 0 Å². The van der Waals surface area contributed by atoms with Crippen LogP contribution >= 0.6 is 15.9 Å². The average molecular weight is 267 g/mol. The Morgan fingerprint density at radius 3 is 2.40 bits per heavy atom. The summed E-state index contributed by atoms with van der Waals surface area (Å²) >= 11 is 3.74. The van der Waals surface area contributed by atoms with Crippen molar-refractivity contribution in [1.29, 1.82) is 0 Å². The number of halogens is 1. The Bertz CT molecular complexity index is 324. The molecule has 1 aromatic carbocycles. The van der Waals surface area contributed by atoms with Crippen molar-refractivity contribution in [3.05, 3.63) is 35.4 Å². The number of alkyl halides is 1. The van der Waals surface area contributed by atoms with Crippen LogP contribution in [0.3, 0.4) is 0 Å². The van der Waals surface area contributed by atoms with Gasteiger partial charge in [-0.1, -0.05) is 59.5 Å². The zero-order valence-corrected chi connectivity index (χ0v) is 11.0. The van der Waals surface area contributed by atoms with Gasteiger partial charge in [-0.2, -0.15) is 0 Å². The lowest BCUT2D eigenvalue weighted by atomic mass is 9.70. The topological polar surface area (TPSA) is 0 Å². The monoisotopic (exact) mass is 266 g/mol. The smallest absolute Gasteiger partial charge is 0.0129 e. The first-order valence-corrected chi connectivity index (χ1v) is 7.03. The number of aryl methyl sites for hydroxylation is 1. The SMILES string of the molecule is Cc1ccccc1C1(CBr)CCCCC1. The molecule has 1 aliphatic rings. The van der Waals surface area contributed by atoms with Gasteiger partial charge in [-0.05, 0) is 30.9 Å². The minimum Gasteiger partial charge on any atom is -0.0918 e. The van der Waals surface area contributed by atoms with Crippen molar-refractivity contribution in [3.8, 4) is 0 Å². The molecule has 0 N–H and O–H groups in total. The maximum absolute atomic E-state index is 3.74. The Balaban J connectivity index is 2.36. The molecule has 82 valence electrons. The minimum atomic E-state index is 0.420.